The first kappa shape index (κ1) is 37.8. The number of anilines is 5. The van der Waals surface area contributed by atoms with Crippen LogP contribution in [0.15, 0.2) is 130 Å². The molecular weight excluding hydrogens is 711 g/mol. The number of nitrogens with zero attached hydrogens (tertiary/aromatic N) is 19. The highest BCUT2D eigenvalue weighted by molar-refractivity contribution is 5.84. The minimum Gasteiger partial charge on any atom is -0.257 e. The first-order valence-corrected chi connectivity index (χ1v) is 16.9. The Hall–Kier alpha value is -7.96. The van der Waals surface area contributed by atoms with Gasteiger partial charge in [0.1, 0.15) is 18.5 Å². The van der Waals surface area contributed by atoms with Gasteiger partial charge in [0.2, 0.25) is 0 Å². The number of hydrazone groups is 5. The van der Waals surface area contributed by atoms with E-state index in [1.807, 2.05) is 61.6 Å². The fourth-order valence-electron chi connectivity index (χ4n) is 4.51. The van der Waals surface area contributed by atoms with Crippen LogP contribution in [0.3, 0.4) is 0 Å². The van der Waals surface area contributed by atoms with E-state index in [2.05, 4.69) is 70.4 Å². The molecule has 0 radical (unpaired) electrons. The number of rotatable bonds is 15. The minimum atomic E-state index is 0.490. The SMILES string of the molecule is CN(/N=C/c1cccc(/C=N/N(C)c2cncc(N(C)/N=C/c3cc(/C=N/N(C)c4cc(N(C)/N=C/c5ccccn5)ncn4)ncn3)n2)n1)c1ccccn1. The number of hydrogen-bond acceptors (Lipinski definition) is 19. The van der Waals surface area contributed by atoms with Gasteiger partial charge in [-0.2, -0.15) is 25.5 Å². The predicted octanol–water partition coefficient (Wildman–Crippen LogP) is 3.59. The molecule has 0 saturated heterocycles. The normalized spacial score (nSPS) is 11.7. The monoisotopic (exact) mass is 747 g/mol. The molecule has 0 aromatic carbocycles. The lowest BCUT2D eigenvalue weighted by Crippen LogP contribution is -2.16. The molecule has 6 rings (SSSR count). The Bertz CT molecular complexity index is 2330. The average Bonchev–Trinajstić information content (AvgIpc) is 3.26. The first-order valence-electron chi connectivity index (χ1n) is 16.9. The lowest BCUT2D eigenvalue weighted by atomic mass is 10.3. The molecule has 0 saturated carbocycles. The van der Waals surface area contributed by atoms with Crippen LogP contribution in [-0.2, 0) is 0 Å². The quantitative estimate of drug-likeness (QED) is 0.109. The van der Waals surface area contributed by atoms with Gasteiger partial charge in [0.25, 0.3) is 0 Å². The van der Waals surface area contributed by atoms with Gasteiger partial charge in [-0.3, -0.25) is 25.0 Å². The van der Waals surface area contributed by atoms with E-state index in [1.54, 1.807) is 121 Å². The van der Waals surface area contributed by atoms with E-state index in [0.717, 1.165) is 11.5 Å². The van der Waals surface area contributed by atoms with E-state index in [-0.39, 0.29) is 0 Å². The van der Waals surface area contributed by atoms with Crippen LogP contribution in [-0.4, -0.2) is 111 Å². The molecule has 0 bridgehead atoms. The molecule has 19 heteroatoms. The van der Waals surface area contributed by atoms with Crippen molar-refractivity contribution in [3.8, 4) is 0 Å². The van der Waals surface area contributed by atoms with E-state index in [1.165, 1.54) is 12.7 Å². The Labute approximate surface area is 322 Å². The summed E-state index contributed by atoms with van der Waals surface area (Å²) in [4.78, 5) is 39.4. The van der Waals surface area contributed by atoms with E-state index in [0.29, 0.717) is 46.0 Å². The van der Waals surface area contributed by atoms with Crippen LogP contribution < -0.4 is 25.0 Å². The van der Waals surface area contributed by atoms with Gasteiger partial charge in [-0.25, -0.2) is 44.9 Å². The van der Waals surface area contributed by atoms with Crippen LogP contribution in [0.25, 0.3) is 0 Å². The highest BCUT2D eigenvalue weighted by Crippen LogP contribution is 2.17. The van der Waals surface area contributed by atoms with Gasteiger partial charge in [0.05, 0.1) is 71.9 Å². The summed E-state index contributed by atoms with van der Waals surface area (Å²) in [5.41, 5.74) is 3.16. The molecule has 0 atom stereocenters. The van der Waals surface area contributed by atoms with Crippen molar-refractivity contribution >= 4 is 60.2 Å². The predicted molar refractivity (Wildman–Crippen MR) is 219 cm³/mol. The lowest BCUT2D eigenvalue weighted by molar-refractivity contribution is 0.923. The lowest BCUT2D eigenvalue weighted by Gasteiger charge is -2.15. The minimum absolute atomic E-state index is 0.490. The molecule has 0 aliphatic heterocycles. The van der Waals surface area contributed by atoms with E-state index in [4.69, 9.17) is 0 Å². The molecule has 0 unspecified atom stereocenters. The van der Waals surface area contributed by atoms with Crippen LogP contribution in [0.5, 0.6) is 0 Å². The molecular formula is C37H37N19. The van der Waals surface area contributed by atoms with Crippen molar-refractivity contribution in [1.29, 1.82) is 0 Å². The van der Waals surface area contributed by atoms with Crippen LogP contribution >= 0.6 is 0 Å². The summed E-state index contributed by atoms with van der Waals surface area (Å²) >= 11 is 0. The second-order valence-corrected chi connectivity index (χ2v) is 11.6. The third kappa shape index (κ3) is 10.8. The number of pyridine rings is 3. The third-order valence-corrected chi connectivity index (χ3v) is 7.56. The molecule has 0 aliphatic carbocycles. The van der Waals surface area contributed by atoms with Crippen LogP contribution in [0, 0.1) is 0 Å². The van der Waals surface area contributed by atoms with E-state index < -0.39 is 0 Å². The fourth-order valence-corrected chi connectivity index (χ4v) is 4.51. The van der Waals surface area contributed by atoms with Gasteiger partial charge >= 0.3 is 0 Å². The summed E-state index contributed by atoms with van der Waals surface area (Å²) in [5, 5.41) is 30.4. The molecule has 6 heterocycles. The van der Waals surface area contributed by atoms with Crippen molar-refractivity contribution in [2.45, 2.75) is 0 Å². The maximum absolute atomic E-state index is 4.65. The highest BCUT2D eigenvalue weighted by atomic mass is 15.5. The molecule has 0 N–H and O–H groups in total. The van der Waals surface area contributed by atoms with Gasteiger partial charge in [-0.1, -0.05) is 18.2 Å². The van der Waals surface area contributed by atoms with Crippen molar-refractivity contribution in [2.75, 3.05) is 60.3 Å². The fraction of sp³-hybridized carbons (Fsp3) is 0.135. The Kier molecular flexibility index (Phi) is 12.6. The van der Waals surface area contributed by atoms with Gasteiger partial charge in [-0.15, -0.1) is 0 Å². The summed E-state index contributed by atoms with van der Waals surface area (Å²) in [6, 6.07) is 20.3. The molecule has 0 fully saturated rings. The van der Waals surface area contributed by atoms with Crippen molar-refractivity contribution < 1.29 is 0 Å². The van der Waals surface area contributed by atoms with E-state index in [9.17, 15) is 0 Å². The summed E-state index contributed by atoms with van der Waals surface area (Å²) in [5.74, 6) is 2.85. The second kappa shape index (κ2) is 18.7. The van der Waals surface area contributed by atoms with Crippen molar-refractivity contribution in [3.63, 3.8) is 0 Å². The molecule has 0 aliphatic rings. The van der Waals surface area contributed by atoms with Gasteiger partial charge in [-0.05, 0) is 42.5 Å². The van der Waals surface area contributed by atoms with Crippen LogP contribution in [0.1, 0.15) is 28.5 Å². The van der Waals surface area contributed by atoms with Gasteiger partial charge < -0.3 is 0 Å². The Morgan fingerprint density at radius 3 is 1.39 bits per heavy atom. The summed E-state index contributed by atoms with van der Waals surface area (Å²) in [6.45, 7) is 0. The maximum atomic E-state index is 4.65. The van der Waals surface area contributed by atoms with Crippen molar-refractivity contribution in [2.24, 2.45) is 25.5 Å². The molecule has 56 heavy (non-hydrogen) atoms. The zero-order valence-electron chi connectivity index (χ0n) is 31.2. The molecule has 19 nitrogen and oxygen atoms in total. The van der Waals surface area contributed by atoms with Crippen molar-refractivity contribution in [1.82, 2.24) is 44.9 Å². The zero-order chi connectivity index (χ0) is 39.1. The van der Waals surface area contributed by atoms with Gasteiger partial charge in [0.15, 0.2) is 23.3 Å². The molecule has 6 aromatic heterocycles. The third-order valence-electron chi connectivity index (χ3n) is 7.56. The zero-order valence-corrected chi connectivity index (χ0v) is 31.2. The summed E-state index contributed by atoms with van der Waals surface area (Å²) in [6.07, 6.45) is 17.6. The summed E-state index contributed by atoms with van der Waals surface area (Å²) in [7, 11) is 8.90. The standard InChI is InChI=1S/C37H37N19/c1-52(33-14-7-9-16-40-33)46-20-29-12-10-13-30(50-29)21-47-55(4)36-24-38-25-37(51-36)56(5)49-23-32-17-31(41-26-42-32)22-48-54(3)35-18-34(43-27-44-35)53(2)45-19-28-11-6-8-15-39-28/h6-27H,1-5H3/b45-19+,46-20+,47-21+,48-22+,49-23+. The largest absolute Gasteiger partial charge is 0.257 e. The van der Waals surface area contributed by atoms with Crippen LogP contribution in [0.2, 0.25) is 0 Å². The van der Waals surface area contributed by atoms with Crippen LogP contribution in [0.4, 0.5) is 29.1 Å². The first-order chi connectivity index (χ1) is 27.3. The molecule has 0 amide bonds. The highest BCUT2D eigenvalue weighted by Gasteiger charge is 2.09. The molecule has 280 valence electrons. The van der Waals surface area contributed by atoms with Gasteiger partial charge in [0, 0.05) is 53.7 Å². The Morgan fingerprint density at radius 1 is 0.393 bits per heavy atom. The smallest absolute Gasteiger partial charge is 0.169 e. The number of aromatic nitrogens is 9. The maximum Gasteiger partial charge on any atom is 0.169 e. The second-order valence-electron chi connectivity index (χ2n) is 11.6. The van der Waals surface area contributed by atoms with Crippen molar-refractivity contribution in [3.05, 3.63) is 133 Å². The Balaban J connectivity index is 1.04. The van der Waals surface area contributed by atoms with E-state index >= 15 is 0 Å². The summed E-state index contributed by atoms with van der Waals surface area (Å²) < 4.78 is 0. The topological polar surface area (TPSA) is 194 Å². The molecule has 0 spiro atoms. The molecule has 6 aromatic rings. The average molecular weight is 748 g/mol. The number of hydrogen-bond donors (Lipinski definition) is 0. The Morgan fingerprint density at radius 2 is 0.857 bits per heavy atom.